The number of nitrogens with zero attached hydrogens (tertiary/aromatic N) is 1. The van der Waals surface area contributed by atoms with Crippen molar-refractivity contribution in [3.05, 3.63) is 113 Å². The minimum Gasteiger partial charge on any atom is -0.288 e. The summed E-state index contributed by atoms with van der Waals surface area (Å²) in [5, 5.41) is 0. The van der Waals surface area contributed by atoms with E-state index in [1.165, 1.54) is 10.5 Å². The van der Waals surface area contributed by atoms with Gasteiger partial charge < -0.3 is 0 Å². The Morgan fingerprint density at radius 3 is 2.12 bits per heavy atom. The molecule has 0 fully saturated rings. The van der Waals surface area contributed by atoms with Crippen molar-refractivity contribution in [2.24, 2.45) is 0 Å². The molecule has 3 aromatic rings. The van der Waals surface area contributed by atoms with E-state index in [9.17, 15) is 13.2 Å². The average molecular weight is 458 g/mol. The molecule has 0 bridgehead atoms. The van der Waals surface area contributed by atoms with Gasteiger partial charge in [-0.25, -0.2) is 8.42 Å². The number of ketones is 1. The van der Waals surface area contributed by atoms with Gasteiger partial charge in [-0.05, 0) is 37.6 Å². The van der Waals surface area contributed by atoms with Crippen LogP contribution in [0.15, 0.2) is 102 Å². The zero-order chi connectivity index (χ0) is 23.7. The fourth-order valence-corrected chi connectivity index (χ4v) is 4.48. The molecule has 168 valence electrons. The third-order valence-electron chi connectivity index (χ3n) is 5.03. The quantitative estimate of drug-likeness (QED) is 0.251. The van der Waals surface area contributed by atoms with E-state index in [4.69, 9.17) is 0 Å². The summed E-state index contributed by atoms with van der Waals surface area (Å²) in [4.78, 5) is 13.5. The second-order valence-electron chi connectivity index (χ2n) is 7.64. The molecule has 0 heterocycles. The Morgan fingerprint density at radius 1 is 0.909 bits per heavy atom. The fraction of sp³-hybridized carbons (Fsp3) is 0.179. The van der Waals surface area contributed by atoms with Crippen LogP contribution in [0.25, 0.3) is 0 Å². The van der Waals surface area contributed by atoms with Gasteiger partial charge in [-0.1, -0.05) is 91.4 Å². The predicted molar refractivity (Wildman–Crippen MR) is 132 cm³/mol. The number of carbonyl (C=O) groups excluding carboxylic acids is 1. The number of benzene rings is 3. The van der Waals surface area contributed by atoms with Gasteiger partial charge in [-0.2, -0.15) is 0 Å². The van der Waals surface area contributed by atoms with Crippen molar-refractivity contribution in [1.29, 1.82) is 0 Å². The van der Waals surface area contributed by atoms with E-state index in [0.29, 0.717) is 12.0 Å². The molecule has 0 aliphatic heterocycles. The van der Waals surface area contributed by atoms with Gasteiger partial charge in [-0.3, -0.25) is 9.10 Å². The van der Waals surface area contributed by atoms with E-state index in [0.717, 1.165) is 17.5 Å². The minimum absolute atomic E-state index is 0.122. The normalized spacial score (nSPS) is 11.4. The van der Waals surface area contributed by atoms with Crippen LogP contribution in [0, 0.1) is 18.8 Å². The molecule has 0 N–H and O–H groups in total. The van der Waals surface area contributed by atoms with Crippen molar-refractivity contribution in [2.75, 3.05) is 6.54 Å². The molecule has 0 amide bonds. The largest absolute Gasteiger partial charge is 0.288 e. The zero-order valence-electron chi connectivity index (χ0n) is 18.9. The van der Waals surface area contributed by atoms with Crippen molar-refractivity contribution >= 4 is 15.8 Å². The van der Waals surface area contributed by atoms with E-state index in [1.807, 2.05) is 50.2 Å². The highest BCUT2D eigenvalue weighted by Gasteiger charge is 2.23. The van der Waals surface area contributed by atoms with Crippen molar-refractivity contribution in [2.45, 2.75) is 31.6 Å². The Hall–Kier alpha value is -3.62. The molecule has 0 radical (unpaired) electrons. The summed E-state index contributed by atoms with van der Waals surface area (Å²) in [5.74, 6) is 5.60. The summed E-state index contributed by atoms with van der Waals surface area (Å²) in [5.41, 5.74) is 2.29. The van der Waals surface area contributed by atoms with E-state index in [1.54, 1.807) is 48.5 Å². The first-order valence-electron chi connectivity index (χ1n) is 10.9. The number of allylic oxidation sites excluding steroid dienone is 1. The molecule has 0 aromatic heterocycles. The van der Waals surface area contributed by atoms with Crippen LogP contribution in [0.3, 0.4) is 0 Å². The van der Waals surface area contributed by atoms with Crippen molar-refractivity contribution < 1.29 is 13.2 Å². The highest BCUT2D eigenvalue weighted by Crippen LogP contribution is 2.20. The molecule has 3 aromatic carbocycles. The van der Waals surface area contributed by atoms with Crippen molar-refractivity contribution in [3.63, 3.8) is 0 Å². The lowest BCUT2D eigenvalue weighted by Gasteiger charge is -2.21. The van der Waals surface area contributed by atoms with Crippen LogP contribution in [0.1, 0.15) is 41.3 Å². The number of aryl methyl sites for hydroxylation is 1. The summed E-state index contributed by atoms with van der Waals surface area (Å²) >= 11 is 0. The molecule has 4 nitrogen and oxygen atoms in total. The molecular formula is C28H27NO3S. The number of sulfonamides is 1. The van der Waals surface area contributed by atoms with E-state index < -0.39 is 10.0 Å². The van der Waals surface area contributed by atoms with E-state index in [-0.39, 0.29) is 22.8 Å². The van der Waals surface area contributed by atoms with Gasteiger partial charge in [0.05, 0.1) is 10.5 Å². The number of hydrogen-bond donors (Lipinski definition) is 0. The third kappa shape index (κ3) is 6.44. The van der Waals surface area contributed by atoms with Gasteiger partial charge in [0.15, 0.2) is 0 Å². The molecule has 0 spiro atoms. The summed E-state index contributed by atoms with van der Waals surface area (Å²) < 4.78 is 28.1. The average Bonchev–Trinajstić information content (AvgIpc) is 2.84. The van der Waals surface area contributed by atoms with E-state index in [2.05, 4.69) is 11.8 Å². The maximum absolute atomic E-state index is 13.4. The molecule has 0 unspecified atom stereocenters. The lowest BCUT2D eigenvalue weighted by atomic mass is 10.0. The van der Waals surface area contributed by atoms with Gasteiger partial charge in [0, 0.05) is 23.9 Å². The molecule has 0 aliphatic rings. The second-order valence-corrected chi connectivity index (χ2v) is 9.53. The number of hydrogen-bond acceptors (Lipinski definition) is 3. The van der Waals surface area contributed by atoms with Gasteiger partial charge in [0.1, 0.15) is 0 Å². The van der Waals surface area contributed by atoms with Gasteiger partial charge in [0.25, 0.3) is 10.0 Å². The minimum atomic E-state index is -3.85. The van der Waals surface area contributed by atoms with Crippen LogP contribution in [0.4, 0.5) is 0 Å². The Balaban J connectivity index is 2.10. The smallest absolute Gasteiger partial charge is 0.263 e. The zero-order valence-corrected chi connectivity index (χ0v) is 19.7. The molecule has 0 aliphatic carbocycles. The lowest BCUT2D eigenvalue weighted by molar-refractivity contribution is 0.103. The molecule has 33 heavy (non-hydrogen) atoms. The standard InChI is InChI=1S/C28H27NO3S/c1-3-4-21-29(33(31,32)27-19-15-23(2)16-20-27)22-26(18-17-24-11-7-5-8-12-24)28(30)25-13-9-6-10-14-25/h5-16,19-20,22H,3-4,21H2,1-2H3/b26-22-. The highest BCUT2D eigenvalue weighted by atomic mass is 32.2. The van der Waals surface area contributed by atoms with Crippen LogP contribution in [-0.4, -0.2) is 25.1 Å². The van der Waals surface area contributed by atoms with Crippen molar-refractivity contribution in [3.8, 4) is 11.8 Å². The number of carbonyl (C=O) groups is 1. The molecule has 0 saturated carbocycles. The first-order chi connectivity index (χ1) is 15.9. The fourth-order valence-electron chi connectivity index (χ4n) is 3.11. The maximum atomic E-state index is 13.4. The summed E-state index contributed by atoms with van der Waals surface area (Å²) in [6.07, 6.45) is 2.85. The Bertz CT molecular complexity index is 1270. The predicted octanol–water partition coefficient (Wildman–Crippen LogP) is 5.60. The Kier molecular flexibility index (Phi) is 8.23. The first-order valence-corrected chi connectivity index (χ1v) is 12.3. The van der Waals surface area contributed by atoms with E-state index >= 15 is 0 Å². The molecule has 3 rings (SSSR count). The Morgan fingerprint density at radius 2 is 1.52 bits per heavy atom. The third-order valence-corrected chi connectivity index (χ3v) is 6.80. The lowest BCUT2D eigenvalue weighted by Crippen LogP contribution is -2.28. The maximum Gasteiger partial charge on any atom is 0.263 e. The van der Waals surface area contributed by atoms with Crippen LogP contribution >= 0.6 is 0 Å². The monoisotopic (exact) mass is 457 g/mol. The summed E-state index contributed by atoms with van der Waals surface area (Å²) in [6.45, 7) is 4.15. The summed E-state index contributed by atoms with van der Waals surface area (Å²) in [6, 6.07) is 24.8. The molecule has 5 heteroatoms. The van der Waals surface area contributed by atoms with Gasteiger partial charge in [0.2, 0.25) is 5.78 Å². The highest BCUT2D eigenvalue weighted by molar-refractivity contribution is 7.89. The number of rotatable bonds is 8. The second kappa shape index (κ2) is 11.3. The van der Waals surface area contributed by atoms with Gasteiger partial charge >= 0.3 is 0 Å². The Labute approximate surface area is 196 Å². The molecule has 0 saturated heterocycles. The molecule has 0 atom stereocenters. The van der Waals surface area contributed by atoms with Gasteiger partial charge in [-0.15, -0.1) is 0 Å². The van der Waals surface area contributed by atoms with Crippen LogP contribution < -0.4 is 0 Å². The van der Waals surface area contributed by atoms with Crippen LogP contribution in [-0.2, 0) is 10.0 Å². The van der Waals surface area contributed by atoms with Crippen LogP contribution in [0.2, 0.25) is 0 Å². The first kappa shape index (κ1) is 24.0. The number of Topliss-reactive ketones (excluding diaryl/α,β-unsaturated/α-hetero) is 1. The van der Waals surface area contributed by atoms with Crippen LogP contribution in [0.5, 0.6) is 0 Å². The molecular weight excluding hydrogens is 430 g/mol. The van der Waals surface area contributed by atoms with Crippen molar-refractivity contribution in [1.82, 2.24) is 4.31 Å². The SMILES string of the molecule is CCCCN(/C=C(/C#Cc1ccccc1)C(=O)c1ccccc1)S(=O)(=O)c1ccc(C)cc1. The topological polar surface area (TPSA) is 54.5 Å². The number of unbranched alkanes of at least 4 members (excludes halogenated alkanes) is 1. The summed E-state index contributed by atoms with van der Waals surface area (Å²) in [7, 11) is -3.85.